The molecule has 0 atom stereocenters. The zero-order valence-corrected chi connectivity index (χ0v) is 74.8. The van der Waals surface area contributed by atoms with Gasteiger partial charge in [0.15, 0.2) is 57.0 Å². The number of carbonyl (C=O) groups excluding carboxylic acids is 1. The molecule has 0 fully saturated rings. The van der Waals surface area contributed by atoms with Gasteiger partial charge in [0, 0.05) is 11.1 Å². The molecule has 15 aromatic heterocycles. The van der Waals surface area contributed by atoms with Crippen LogP contribution in [0.1, 0.15) is 70.3 Å². The fourth-order valence-electron chi connectivity index (χ4n) is 12.9. The van der Waals surface area contributed by atoms with Gasteiger partial charge in [-0.05, 0) is 213 Å². The second-order valence-electron chi connectivity index (χ2n) is 31.6. The number of alkyl halides is 3. The number of nitrogens with two attached hydrogens (primary N) is 4. The summed E-state index contributed by atoms with van der Waals surface area (Å²) in [6.07, 6.45) is 1.88. The maximum absolute atomic E-state index is 14.3. The van der Waals surface area contributed by atoms with Crippen LogP contribution < -0.4 is 54.4 Å². The second kappa shape index (κ2) is 38.5. The van der Waals surface area contributed by atoms with Gasteiger partial charge in [-0.3, -0.25) is 9.69 Å². The van der Waals surface area contributed by atoms with Gasteiger partial charge >= 0.3 is 12.1 Å². The van der Waals surface area contributed by atoms with Crippen LogP contribution in [0.2, 0.25) is 0 Å². The van der Waals surface area contributed by atoms with E-state index in [9.17, 15) is 39.9 Å². The van der Waals surface area contributed by atoms with E-state index in [1.807, 2.05) is 106 Å². The Morgan fingerprint density at radius 3 is 0.956 bits per heavy atom. The van der Waals surface area contributed by atoms with Crippen LogP contribution in [0.3, 0.4) is 0 Å². The van der Waals surface area contributed by atoms with E-state index in [1.54, 1.807) is 125 Å². The van der Waals surface area contributed by atoms with Crippen LogP contribution in [0.15, 0.2) is 240 Å². The van der Waals surface area contributed by atoms with Crippen LogP contribution in [-0.2, 0) is 4.79 Å². The molecule has 0 unspecified atom stereocenters. The highest BCUT2D eigenvalue weighted by Gasteiger charge is 2.46. The molecule has 36 nitrogen and oxygen atoms in total. The largest absolute Gasteiger partial charge is 0.472 e. The van der Waals surface area contributed by atoms with E-state index in [1.165, 1.54) is 57.8 Å². The lowest BCUT2D eigenvalue weighted by Crippen LogP contribution is -2.38. The Morgan fingerprint density at radius 2 is 0.630 bits per heavy atom. The number of aryl methyl sites for hydroxylation is 5. The van der Waals surface area contributed by atoms with Crippen LogP contribution >= 0.6 is 15.9 Å². The molecule has 0 aliphatic carbocycles. The van der Waals surface area contributed by atoms with Gasteiger partial charge in [0.2, 0.25) is 58.9 Å². The van der Waals surface area contributed by atoms with E-state index in [4.69, 9.17) is 45.0 Å². The molecule has 0 spiro atoms. The fraction of sp³-hybridized carbons (Fsp3) is 0.156. The van der Waals surface area contributed by atoms with Crippen molar-refractivity contribution in [1.29, 1.82) is 0 Å². The number of hydrogen-bond donors (Lipinski definition) is 9. The van der Waals surface area contributed by atoms with Crippen LogP contribution in [0, 0.1) is 63.7 Å². The molecule has 690 valence electrons. The number of nitrogens with zero attached hydrogens (tertiary/aromatic N) is 21. The summed E-state index contributed by atoms with van der Waals surface area (Å²) < 4.78 is 144. The molecule has 0 saturated carbocycles. The number of furan rings is 5. The summed E-state index contributed by atoms with van der Waals surface area (Å²) in [7, 11) is 0. The maximum atomic E-state index is 14.3. The minimum Gasteiger partial charge on any atom is -0.458 e. The van der Waals surface area contributed by atoms with Crippen LogP contribution in [-0.4, -0.2) is 121 Å². The minimum absolute atomic E-state index is 0.0461. The number of para-hydroxylation sites is 4. The SMILES string of the molecule is Cc1ccc(-c2nc(N)nc3c(N(C(=O)C(F)(F)F)c4ccccc4F)cnn23)o1.Cc1ccc(-c2nc(N)nc3c(Nc4ccccc4F)cnn23)o1.Cc1ccc(-c2nc(N)nc3c(Nc4ccccc4F)cnn23)o1.Cc1ccc(-c2nc(NC(C)(C)C)nc3c(N)cnn23)o1.Cc1ccc(-c2nc(NC(C)(C)C)nc3c(Nc4ccccc4F)cnn23)o1.Fc1ccccc1Br. The van der Waals surface area contributed by atoms with Gasteiger partial charge in [-0.1, -0.05) is 60.7 Å². The Labute approximate surface area is 768 Å². The molecule has 15 heterocycles. The van der Waals surface area contributed by atoms with Crippen molar-refractivity contribution >= 4 is 131 Å². The summed E-state index contributed by atoms with van der Waals surface area (Å²) >= 11 is 3.02. The van der Waals surface area contributed by atoms with E-state index < -0.39 is 29.3 Å². The van der Waals surface area contributed by atoms with Crippen molar-refractivity contribution in [3.63, 3.8) is 0 Å². The molecule has 0 saturated heterocycles. The number of benzene rings is 5. The average Bonchev–Trinajstić information content (AvgIpc) is 1.64. The first-order valence-corrected chi connectivity index (χ1v) is 41.4. The molecule has 135 heavy (non-hydrogen) atoms. The molecule has 1 amide bonds. The van der Waals surface area contributed by atoms with Crippen LogP contribution in [0.5, 0.6) is 0 Å². The summed E-state index contributed by atoms with van der Waals surface area (Å²) in [5.74, 6) is 4.11. The van der Waals surface area contributed by atoms with Crippen molar-refractivity contribution in [3.8, 4) is 57.9 Å². The number of nitrogens with one attached hydrogen (secondary N) is 5. The lowest BCUT2D eigenvalue weighted by Gasteiger charge is -2.23. The number of carbonyl (C=O) groups is 1. The third-order valence-electron chi connectivity index (χ3n) is 18.7. The predicted octanol–water partition coefficient (Wildman–Crippen LogP) is 19.8. The molecule has 20 rings (SSSR count). The minimum atomic E-state index is -5.30. The fourth-order valence-corrected chi connectivity index (χ4v) is 13.2. The Hall–Kier alpha value is -17.2. The lowest BCUT2D eigenvalue weighted by atomic mass is 10.1. The monoisotopic (exact) mass is 1910 g/mol. The quantitative estimate of drug-likeness (QED) is 0.0430. The van der Waals surface area contributed by atoms with Gasteiger partial charge in [0.1, 0.15) is 80.6 Å². The Balaban J connectivity index is 0.000000126. The summed E-state index contributed by atoms with van der Waals surface area (Å²) in [4.78, 5) is 55.2. The summed E-state index contributed by atoms with van der Waals surface area (Å²) in [6.45, 7) is 21.3. The predicted molar refractivity (Wildman–Crippen MR) is 493 cm³/mol. The first-order valence-electron chi connectivity index (χ1n) is 40.7. The topological polar surface area (TPSA) is 466 Å². The van der Waals surface area contributed by atoms with Gasteiger partial charge in [-0.15, -0.1) is 0 Å². The number of nitrogen functional groups attached to an aromatic ring is 4. The van der Waals surface area contributed by atoms with Gasteiger partial charge in [-0.25, -0.2) is 22.0 Å². The van der Waals surface area contributed by atoms with E-state index >= 15 is 0 Å². The third-order valence-corrected chi connectivity index (χ3v) is 19.4. The molecule has 13 N–H and O–H groups in total. The standard InChI is InChI=1S/C20H21FN6O.C18H12F4N6O2.2C16H13FN6O.C14H18N6O.C6H4BrF/c1-12-9-10-16(28-12)18-25-19(26-20(2,3)4)24-17-15(11-22-27(17)18)23-14-8-6-5-7-13(14)21;1-9-6-7-13(30-9)15-26-17(23)25-14-12(8-24-28(14)15)27(16(29)18(20,21)22)11-5-3-2-4-10(11)19;2*1-9-6-7-13(24-9)15-22-16(18)21-14-12(8-19-23(14)15)20-11-5-3-2-4-10(11)17;1-8-5-6-10(21-8)12-18-13(19-14(2,3)4)17-11-9(15)7-16-20(11)12;7-5-3-1-2-4-6(5)8/h5-11,23H,1-4H3,(H,24,26);2-8H,1H3,(H2,23,25);2*2-8,20H,1H3,(H2,18,21);5-7H,15H2,1-4H3,(H,17,19);1-4H. The summed E-state index contributed by atoms with van der Waals surface area (Å²) in [5, 5.41) is 36.6. The number of fused-ring (bicyclic) bond motifs is 5. The Kier molecular flexibility index (Phi) is 26.4. The van der Waals surface area contributed by atoms with Gasteiger partial charge < -0.3 is 71.6 Å². The normalized spacial score (nSPS) is 11.4. The number of amides is 1. The van der Waals surface area contributed by atoms with Crippen LogP contribution in [0.4, 0.5) is 116 Å². The Bertz CT molecular complexity index is 7500. The van der Waals surface area contributed by atoms with Crippen molar-refractivity contribution in [2.75, 3.05) is 54.4 Å². The van der Waals surface area contributed by atoms with Crippen LogP contribution in [0.25, 0.3) is 86.2 Å². The van der Waals surface area contributed by atoms with E-state index in [0.717, 1.165) is 45.9 Å². The van der Waals surface area contributed by atoms with Crippen molar-refractivity contribution in [3.05, 3.63) is 275 Å². The average molecular weight is 1910 g/mol. The smallest absolute Gasteiger partial charge is 0.458 e. The molecule has 5 aromatic carbocycles. The first kappa shape index (κ1) is 92.6. The lowest BCUT2D eigenvalue weighted by molar-refractivity contribution is -0.169. The molecule has 0 aliphatic heterocycles. The molecular weight excluding hydrogens is 1830 g/mol. The van der Waals surface area contributed by atoms with E-state index in [-0.39, 0.29) is 74.3 Å². The highest BCUT2D eigenvalue weighted by atomic mass is 79.9. The van der Waals surface area contributed by atoms with E-state index in [2.05, 4.69) is 118 Å². The molecular formula is C90H81BrF8N30O6. The van der Waals surface area contributed by atoms with Gasteiger partial charge in [0.05, 0.1) is 63.9 Å². The maximum Gasteiger partial charge on any atom is 0.472 e. The Morgan fingerprint density at radius 1 is 0.333 bits per heavy atom. The summed E-state index contributed by atoms with van der Waals surface area (Å²) in [5.41, 5.74) is 26.6. The van der Waals surface area contributed by atoms with E-state index in [0.29, 0.717) is 131 Å². The summed E-state index contributed by atoms with van der Waals surface area (Å²) in [6, 6.07) is 48.0. The highest BCUT2D eigenvalue weighted by molar-refractivity contribution is 9.10. The zero-order valence-electron chi connectivity index (χ0n) is 73.3. The zero-order chi connectivity index (χ0) is 96.1. The van der Waals surface area contributed by atoms with Crippen molar-refractivity contribution in [1.82, 2.24) is 97.9 Å². The van der Waals surface area contributed by atoms with Gasteiger partial charge in [0.25, 0.3) is 0 Å². The van der Waals surface area contributed by atoms with Crippen molar-refractivity contribution in [2.45, 2.75) is 93.4 Å². The third kappa shape index (κ3) is 21.5. The van der Waals surface area contributed by atoms with Gasteiger partial charge in [-0.2, -0.15) is 111 Å². The molecule has 0 bridgehead atoms. The molecule has 45 heteroatoms. The van der Waals surface area contributed by atoms with Crippen molar-refractivity contribution in [2.24, 2.45) is 0 Å². The highest BCUT2D eigenvalue weighted by Crippen LogP contribution is 2.39. The second-order valence-corrected chi connectivity index (χ2v) is 32.4. The first-order chi connectivity index (χ1) is 64.3. The number of aromatic nitrogens is 20. The number of rotatable bonds is 15. The number of hydrogen-bond acceptors (Lipinski definition) is 30. The molecule has 20 aromatic rings. The molecule has 0 radical (unpaired) electrons. The number of halogens is 9. The number of anilines is 14. The van der Waals surface area contributed by atoms with Crippen molar-refractivity contribution < 1.29 is 62.0 Å². The molecule has 0 aliphatic rings.